The minimum Gasteiger partial charge on any atom is -0.478 e. The Morgan fingerprint density at radius 2 is 1.78 bits per heavy atom. The Morgan fingerprint density at radius 3 is 2.41 bits per heavy atom. The summed E-state index contributed by atoms with van der Waals surface area (Å²) in [5.41, 5.74) is 1.60. The van der Waals surface area contributed by atoms with Gasteiger partial charge >= 0.3 is 0 Å². The molecular formula is C26H36ClN5O5. The minimum atomic E-state index is -1.14. The average molecular weight is 534 g/mol. The van der Waals surface area contributed by atoms with Crippen molar-refractivity contribution in [2.24, 2.45) is 5.92 Å². The Morgan fingerprint density at radius 1 is 1.05 bits per heavy atom. The summed E-state index contributed by atoms with van der Waals surface area (Å²) < 4.78 is 11.8. The number of fused-ring (bicyclic) bond motifs is 1. The van der Waals surface area contributed by atoms with E-state index in [0.29, 0.717) is 65.0 Å². The number of hydrogen-bond donors (Lipinski definition) is 5. The van der Waals surface area contributed by atoms with Gasteiger partial charge in [-0.05, 0) is 59.9 Å². The summed E-state index contributed by atoms with van der Waals surface area (Å²) >= 11 is 0. The van der Waals surface area contributed by atoms with Gasteiger partial charge in [0.15, 0.2) is 5.58 Å². The van der Waals surface area contributed by atoms with Crippen molar-refractivity contribution in [3.05, 3.63) is 23.5 Å². The van der Waals surface area contributed by atoms with Gasteiger partial charge in [-0.25, -0.2) is 9.97 Å². The summed E-state index contributed by atoms with van der Waals surface area (Å²) in [6.07, 6.45) is 0.396. The molecule has 4 atom stereocenters. The Labute approximate surface area is 222 Å². The van der Waals surface area contributed by atoms with Gasteiger partial charge in [-0.2, -0.15) is 4.98 Å². The molecule has 0 aliphatic heterocycles. The molecule has 2 aliphatic carbocycles. The number of hydrogen-bond acceptors (Lipinski definition) is 10. The van der Waals surface area contributed by atoms with E-state index in [1.54, 1.807) is 13.8 Å². The van der Waals surface area contributed by atoms with Gasteiger partial charge in [0, 0.05) is 23.4 Å². The summed E-state index contributed by atoms with van der Waals surface area (Å²) in [6.45, 7) is 9.49. The van der Waals surface area contributed by atoms with E-state index in [2.05, 4.69) is 20.6 Å². The van der Waals surface area contributed by atoms with Crippen molar-refractivity contribution in [2.45, 2.75) is 83.8 Å². The van der Waals surface area contributed by atoms with Crippen LogP contribution in [0.2, 0.25) is 0 Å². The Hall–Kier alpha value is -2.66. The fourth-order valence-corrected chi connectivity index (χ4v) is 5.02. The van der Waals surface area contributed by atoms with Crippen molar-refractivity contribution >= 4 is 35.1 Å². The van der Waals surface area contributed by atoms with Crippen LogP contribution in [0.25, 0.3) is 22.3 Å². The van der Waals surface area contributed by atoms with Gasteiger partial charge in [-0.3, -0.25) is 0 Å². The van der Waals surface area contributed by atoms with E-state index in [-0.39, 0.29) is 12.4 Å². The zero-order chi connectivity index (χ0) is 25.8. The highest BCUT2D eigenvalue weighted by Gasteiger charge is 2.48. The van der Waals surface area contributed by atoms with E-state index in [1.165, 1.54) is 0 Å². The van der Waals surface area contributed by atoms with E-state index in [4.69, 9.17) is 14.1 Å². The molecule has 0 saturated heterocycles. The number of nitrogens with one attached hydrogen (secondary N) is 2. The lowest BCUT2D eigenvalue weighted by atomic mass is 9.88. The number of halogens is 1. The third kappa shape index (κ3) is 5.47. The van der Waals surface area contributed by atoms with Gasteiger partial charge in [0.1, 0.15) is 17.7 Å². The van der Waals surface area contributed by atoms with Crippen molar-refractivity contribution in [2.75, 3.05) is 17.2 Å². The molecule has 5 rings (SSSR count). The molecule has 11 heteroatoms. The quantitative estimate of drug-likeness (QED) is 0.291. The van der Waals surface area contributed by atoms with Crippen molar-refractivity contribution in [1.29, 1.82) is 0 Å². The number of aromatic nitrogens is 3. The molecule has 37 heavy (non-hydrogen) atoms. The molecule has 2 fully saturated rings. The van der Waals surface area contributed by atoms with Gasteiger partial charge in [-0.15, -0.1) is 12.4 Å². The van der Waals surface area contributed by atoms with E-state index in [0.717, 1.165) is 18.2 Å². The highest BCUT2D eigenvalue weighted by atomic mass is 35.5. The molecule has 0 spiro atoms. The third-order valence-electron chi connectivity index (χ3n) is 7.10. The molecule has 2 aliphatic rings. The molecule has 0 bridgehead atoms. The minimum absolute atomic E-state index is 0. The summed E-state index contributed by atoms with van der Waals surface area (Å²) in [5.74, 6) is 1.60. The summed E-state index contributed by atoms with van der Waals surface area (Å²) in [4.78, 5) is 13.9. The first kappa shape index (κ1) is 27.4. The maximum absolute atomic E-state index is 10.8. The van der Waals surface area contributed by atoms with Gasteiger partial charge in [0.25, 0.3) is 0 Å². The topological polar surface area (TPSA) is 146 Å². The van der Waals surface area contributed by atoms with E-state index >= 15 is 0 Å². The van der Waals surface area contributed by atoms with Gasteiger partial charge < -0.3 is 35.1 Å². The van der Waals surface area contributed by atoms with E-state index in [9.17, 15) is 15.3 Å². The van der Waals surface area contributed by atoms with Crippen LogP contribution < -0.4 is 15.4 Å². The second-order valence-corrected chi connectivity index (χ2v) is 10.5. The molecule has 0 aromatic carbocycles. The Kier molecular flexibility index (Phi) is 7.58. The molecule has 2 saturated carbocycles. The predicted molar refractivity (Wildman–Crippen MR) is 143 cm³/mol. The van der Waals surface area contributed by atoms with E-state index in [1.807, 2.05) is 32.9 Å². The smallest absolute Gasteiger partial charge is 0.225 e. The lowest BCUT2D eigenvalue weighted by Crippen LogP contribution is -2.40. The lowest BCUT2D eigenvalue weighted by Gasteiger charge is -2.28. The maximum atomic E-state index is 10.8. The fourth-order valence-electron chi connectivity index (χ4n) is 5.02. The van der Waals surface area contributed by atoms with Crippen molar-refractivity contribution < 1.29 is 24.5 Å². The van der Waals surface area contributed by atoms with Crippen LogP contribution in [0.15, 0.2) is 16.5 Å². The van der Waals surface area contributed by atoms with Crippen molar-refractivity contribution in [1.82, 2.24) is 15.0 Å². The number of pyridine rings is 1. The molecule has 202 valence electrons. The Balaban J connectivity index is 0.00000320. The zero-order valence-electron chi connectivity index (χ0n) is 21.8. The number of aryl methyl sites for hydroxylation is 2. The standard InChI is InChI=1S/C26H35N5O5.ClH/c1-6-35-19-10-14-9-18(36-23(14)13(3)27-19)20-12(2)28-25(29-15-7-8-15)31-24(20)30-17-11-16(26(4,5)34)21(32)22(17)33;/h9-10,15-17,21-22,32-34H,6-8,11H2,1-5H3,(H2,28,29,30,31);1H/t16-,17+,21+,22-;/m0./s1. The highest BCUT2D eigenvalue weighted by molar-refractivity contribution is 5.88. The SMILES string of the molecule is CCOc1cc2cc(-c3c(C)nc(NC4CC4)nc3N[C@@H]3C[C@H](C(C)(C)O)[C@@H](O)[C@H]3O)oc2c(C)n1.Cl. The molecule has 3 aromatic heterocycles. The van der Waals surface area contributed by atoms with E-state index < -0.39 is 29.8 Å². The van der Waals surface area contributed by atoms with Gasteiger partial charge in [-0.1, -0.05) is 0 Å². The molecule has 0 amide bonds. The monoisotopic (exact) mass is 533 g/mol. The van der Waals surface area contributed by atoms with Crippen LogP contribution in [0.4, 0.5) is 11.8 Å². The molecule has 3 aromatic rings. The lowest BCUT2D eigenvalue weighted by molar-refractivity contribution is -0.0601. The molecular weight excluding hydrogens is 498 g/mol. The van der Waals surface area contributed by atoms with Gasteiger partial charge in [0.2, 0.25) is 11.8 Å². The fraction of sp³-hybridized carbons (Fsp3) is 0.577. The largest absolute Gasteiger partial charge is 0.478 e. The number of nitrogens with zero attached hydrogens (tertiary/aromatic N) is 3. The molecule has 3 heterocycles. The number of furan rings is 1. The van der Waals surface area contributed by atoms with Crippen LogP contribution in [0.5, 0.6) is 5.88 Å². The molecule has 0 unspecified atom stereocenters. The summed E-state index contributed by atoms with van der Waals surface area (Å²) in [5, 5.41) is 39.5. The van der Waals surface area contributed by atoms with Crippen LogP contribution in [-0.4, -0.2) is 66.8 Å². The van der Waals surface area contributed by atoms with Crippen LogP contribution in [0.3, 0.4) is 0 Å². The summed E-state index contributed by atoms with van der Waals surface area (Å²) in [6, 6.07) is 3.60. The van der Waals surface area contributed by atoms with Crippen LogP contribution >= 0.6 is 12.4 Å². The first-order chi connectivity index (χ1) is 17.0. The second-order valence-electron chi connectivity index (χ2n) is 10.5. The highest BCUT2D eigenvalue weighted by Crippen LogP contribution is 2.40. The van der Waals surface area contributed by atoms with Crippen molar-refractivity contribution in [3.63, 3.8) is 0 Å². The first-order valence-electron chi connectivity index (χ1n) is 12.6. The van der Waals surface area contributed by atoms with Crippen LogP contribution in [0.1, 0.15) is 51.4 Å². The van der Waals surface area contributed by atoms with Crippen LogP contribution in [0, 0.1) is 19.8 Å². The summed E-state index contributed by atoms with van der Waals surface area (Å²) in [7, 11) is 0. The molecule has 10 nitrogen and oxygen atoms in total. The zero-order valence-corrected chi connectivity index (χ0v) is 22.6. The Bertz CT molecular complexity index is 1270. The molecule has 5 N–H and O–H groups in total. The van der Waals surface area contributed by atoms with Crippen molar-refractivity contribution in [3.8, 4) is 17.2 Å². The number of aliphatic hydroxyl groups is 3. The third-order valence-corrected chi connectivity index (χ3v) is 7.10. The molecule has 0 radical (unpaired) electrons. The average Bonchev–Trinajstić information content (AvgIpc) is 3.42. The number of rotatable bonds is 8. The van der Waals surface area contributed by atoms with Crippen LogP contribution in [-0.2, 0) is 0 Å². The number of ether oxygens (including phenoxy) is 1. The predicted octanol–water partition coefficient (Wildman–Crippen LogP) is 3.59. The number of aliphatic hydroxyl groups excluding tert-OH is 2. The second kappa shape index (κ2) is 10.2. The normalized spacial score (nSPS) is 23.7. The number of anilines is 2. The first-order valence-corrected chi connectivity index (χ1v) is 12.6. The van der Waals surface area contributed by atoms with Gasteiger partial charge in [0.05, 0.1) is 41.3 Å². The maximum Gasteiger partial charge on any atom is 0.225 e.